The third-order valence-electron chi connectivity index (χ3n) is 3.73. The molecule has 7 heteroatoms. The summed E-state index contributed by atoms with van der Waals surface area (Å²) < 4.78 is 6.26. The predicted molar refractivity (Wildman–Crippen MR) is 97.2 cm³/mol. The zero-order chi connectivity index (χ0) is 18.7. The highest BCUT2D eigenvalue weighted by Gasteiger charge is 2.18. The molecule has 0 unspecified atom stereocenters. The number of carbonyl (C=O) groups excluding carboxylic acids is 1. The molecule has 0 aliphatic carbocycles. The number of anilines is 1. The largest absolute Gasteiger partial charge is 0.505 e. The SMILES string of the molecule is COc1ccccc1NC(=O)c1nn(-c2cccc(C)c2)c(=O)cc1O. The highest BCUT2D eigenvalue weighted by atomic mass is 16.5. The molecule has 1 amide bonds. The third kappa shape index (κ3) is 3.41. The average Bonchev–Trinajstić information content (AvgIpc) is 2.62. The van der Waals surface area contributed by atoms with Crippen molar-refractivity contribution < 1.29 is 14.6 Å². The number of carbonyl (C=O) groups is 1. The number of rotatable bonds is 4. The Morgan fingerprint density at radius 3 is 2.65 bits per heavy atom. The van der Waals surface area contributed by atoms with Crippen LogP contribution >= 0.6 is 0 Å². The number of aryl methyl sites for hydroxylation is 1. The Kier molecular flexibility index (Phi) is 4.70. The van der Waals surface area contributed by atoms with E-state index in [-0.39, 0.29) is 5.69 Å². The highest BCUT2D eigenvalue weighted by molar-refractivity contribution is 6.05. The summed E-state index contributed by atoms with van der Waals surface area (Å²) >= 11 is 0. The standard InChI is InChI=1S/C19H17N3O4/c1-12-6-5-7-13(10-12)22-17(24)11-15(23)18(21-22)19(25)20-14-8-3-4-9-16(14)26-2/h3-11,23H,1-2H3,(H,20,25). The van der Waals surface area contributed by atoms with Crippen LogP contribution in [-0.4, -0.2) is 27.9 Å². The lowest BCUT2D eigenvalue weighted by Crippen LogP contribution is -2.25. The lowest BCUT2D eigenvalue weighted by molar-refractivity contribution is 0.101. The number of aromatic hydroxyl groups is 1. The third-order valence-corrected chi connectivity index (χ3v) is 3.73. The van der Waals surface area contributed by atoms with Crippen LogP contribution in [0.5, 0.6) is 11.5 Å². The molecule has 3 aromatic rings. The molecule has 0 spiro atoms. The topological polar surface area (TPSA) is 93.5 Å². The average molecular weight is 351 g/mol. The zero-order valence-electron chi connectivity index (χ0n) is 14.3. The summed E-state index contributed by atoms with van der Waals surface area (Å²) in [5, 5.41) is 16.7. The Balaban J connectivity index is 2.01. The normalized spacial score (nSPS) is 10.4. The van der Waals surface area contributed by atoms with Crippen molar-refractivity contribution in [3.05, 3.63) is 76.2 Å². The van der Waals surface area contributed by atoms with Gasteiger partial charge in [0.25, 0.3) is 11.5 Å². The number of aromatic nitrogens is 2. The first-order valence-electron chi connectivity index (χ1n) is 7.84. The minimum absolute atomic E-state index is 0.267. The molecule has 7 nitrogen and oxygen atoms in total. The van der Waals surface area contributed by atoms with Crippen LogP contribution in [-0.2, 0) is 0 Å². The van der Waals surface area contributed by atoms with Gasteiger partial charge in [-0.3, -0.25) is 9.59 Å². The van der Waals surface area contributed by atoms with Gasteiger partial charge in [0.05, 0.1) is 18.5 Å². The van der Waals surface area contributed by atoms with Crippen molar-refractivity contribution in [2.75, 3.05) is 12.4 Å². The summed E-state index contributed by atoms with van der Waals surface area (Å²) in [5.74, 6) is -0.688. The van der Waals surface area contributed by atoms with E-state index in [4.69, 9.17) is 4.74 Å². The van der Waals surface area contributed by atoms with Gasteiger partial charge >= 0.3 is 0 Å². The predicted octanol–water partition coefficient (Wildman–Crippen LogP) is 2.51. The van der Waals surface area contributed by atoms with E-state index >= 15 is 0 Å². The van der Waals surface area contributed by atoms with Gasteiger partial charge in [-0.15, -0.1) is 0 Å². The van der Waals surface area contributed by atoms with Gasteiger partial charge in [0, 0.05) is 6.07 Å². The van der Waals surface area contributed by atoms with Crippen molar-refractivity contribution in [1.82, 2.24) is 9.78 Å². The Morgan fingerprint density at radius 2 is 1.92 bits per heavy atom. The Hall–Kier alpha value is -3.61. The van der Waals surface area contributed by atoms with Crippen molar-refractivity contribution >= 4 is 11.6 Å². The number of nitrogens with one attached hydrogen (secondary N) is 1. The molecule has 0 saturated carbocycles. The molecule has 0 saturated heterocycles. The van der Waals surface area contributed by atoms with Crippen LogP contribution in [0.4, 0.5) is 5.69 Å². The fraction of sp³-hybridized carbons (Fsp3) is 0.105. The second-order valence-electron chi connectivity index (χ2n) is 5.62. The molecule has 0 radical (unpaired) electrons. The summed E-state index contributed by atoms with van der Waals surface area (Å²) in [7, 11) is 1.48. The molecule has 0 bridgehead atoms. The van der Waals surface area contributed by atoms with Gasteiger partial charge in [-0.05, 0) is 36.8 Å². The lowest BCUT2D eigenvalue weighted by Gasteiger charge is -2.11. The molecule has 1 heterocycles. The Morgan fingerprint density at radius 1 is 1.15 bits per heavy atom. The molecule has 0 atom stereocenters. The number of benzene rings is 2. The summed E-state index contributed by atoms with van der Waals surface area (Å²) in [6, 6.07) is 14.9. The van der Waals surface area contributed by atoms with Gasteiger partial charge in [0.15, 0.2) is 11.4 Å². The molecular weight excluding hydrogens is 334 g/mol. The maximum absolute atomic E-state index is 12.6. The Labute approximate surface area is 149 Å². The van der Waals surface area contributed by atoms with Gasteiger partial charge in [0.1, 0.15) is 5.75 Å². The number of hydrogen-bond donors (Lipinski definition) is 2. The minimum Gasteiger partial charge on any atom is -0.505 e. The van der Waals surface area contributed by atoms with E-state index in [9.17, 15) is 14.7 Å². The van der Waals surface area contributed by atoms with E-state index in [1.165, 1.54) is 7.11 Å². The van der Waals surface area contributed by atoms with Gasteiger partial charge in [-0.2, -0.15) is 9.78 Å². The number of hydrogen-bond acceptors (Lipinski definition) is 5. The second-order valence-corrected chi connectivity index (χ2v) is 5.62. The molecule has 2 aromatic carbocycles. The van der Waals surface area contributed by atoms with Crippen LogP contribution in [0.2, 0.25) is 0 Å². The van der Waals surface area contributed by atoms with Crippen LogP contribution in [0.1, 0.15) is 16.1 Å². The van der Waals surface area contributed by atoms with Crippen LogP contribution in [0.3, 0.4) is 0 Å². The maximum atomic E-state index is 12.6. The van der Waals surface area contributed by atoms with E-state index in [0.717, 1.165) is 16.3 Å². The summed E-state index contributed by atoms with van der Waals surface area (Å²) in [4.78, 5) is 24.7. The molecule has 26 heavy (non-hydrogen) atoms. The Bertz CT molecular complexity index is 1030. The van der Waals surface area contributed by atoms with E-state index in [0.29, 0.717) is 17.1 Å². The number of para-hydroxylation sites is 2. The van der Waals surface area contributed by atoms with Crippen molar-refractivity contribution in [3.63, 3.8) is 0 Å². The van der Waals surface area contributed by atoms with Gasteiger partial charge < -0.3 is 15.2 Å². The maximum Gasteiger partial charge on any atom is 0.280 e. The number of ether oxygens (including phenoxy) is 1. The number of amides is 1. The highest BCUT2D eigenvalue weighted by Crippen LogP contribution is 2.24. The molecular formula is C19H17N3O4. The summed E-state index contributed by atoms with van der Waals surface area (Å²) in [6.07, 6.45) is 0. The second kappa shape index (κ2) is 7.10. The van der Waals surface area contributed by atoms with Gasteiger partial charge in [0.2, 0.25) is 0 Å². The molecule has 2 N–H and O–H groups in total. The van der Waals surface area contributed by atoms with Crippen molar-refractivity contribution in [2.45, 2.75) is 6.92 Å². The van der Waals surface area contributed by atoms with Crippen LogP contribution in [0, 0.1) is 6.92 Å². The monoisotopic (exact) mass is 351 g/mol. The quantitative estimate of drug-likeness (QED) is 0.753. The van der Waals surface area contributed by atoms with E-state index in [1.54, 1.807) is 42.5 Å². The first-order valence-corrected chi connectivity index (χ1v) is 7.84. The molecule has 3 rings (SSSR count). The van der Waals surface area contributed by atoms with E-state index < -0.39 is 17.2 Å². The van der Waals surface area contributed by atoms with Crippen molar-refractivity contribution in [3.8, 4) is 17.2 Å². The molecule has 132 valence electrons. The molecule has 1 aromatic heterocycles. The lowest BCUT2D eigenvalue weighted by atomic mass is 10.2. The van der Waals surface area contributed by atoms with Crippen LogP contribution in [0.15, 0.2) is 59.4 Å². The number of nitrogens with zero attached hydrogens (tertiary/aromatic N) is 2. The van der Waals surface area contributed by atoms with Gasteiger partial charge in [-0.25, -0.2) is 0 Å². The van der Waals surface area contributed by atoms with Crippen molar-refractivity contribution in [2.24, 2.45) is 0 Å². The smallest absolute Gasteiger partial charge is 0.280 e. The fourth-order valence-electron chi connectivity index (χ4n) is 2.48. The van der Waals surface area contributed by atoms with E-state index in [1.807, 2.05) is 13.0 Å². The van der Waals surface area contributed by atoms with Crippen LogP contribution in [0.25, 0.3) is 5.69 Å². The summed E-state index contributed by atoms with van der Waals surface area (Å²) in [5.41, 5.74) is 1.05. The molecule has 0 aliphatic heterocycles. The molecule has 0 fully saturated rings. The minimum atomic E-state index is -0.659. The molecule has 0 aliphatic rings. The first kappa shape index (κ1) is 17.2. The first-order chi connectivity index (χ1) is 12.5. The summed E-state index contributed by atoms with van der Waals surface area (Å²) in [6.45, 7) is 1.88. The zero-order valence-corrected chi connectivity index (χ0v) is 14.3. The van der Waals surface area contributed by atoms with Crippen LogP contribution < -0.4 is 15.6 Å². The van der Waals surface area contributed by atoms with E-state index in [2.05, 4.69) is 10.4 Å². The fourth-order valence-corrected chi connectivity index (χ4v) is 2.48. The van der Waals surface area contributed by atoms with Crippen molar-refractivity contribution in [1.29, 1.82) is 0 Å². The number of methoxy groups -OCH3 is 1. The van der Waals surface area contributed by atoms with Gasteiger partial charge in [-0.1, -0.05) is 24.3 Å².